The monoisotopic (exact) mass is 167 g/mol. The zero-order chi connectivity index (χ0) is 8.39. The Hall–Kier alpha value is -1.06. The minimum atomic E-state index is -0.0816. The summed E-state index contributed by atoms with van der Waals surface area (Å²) in [5, 5.41) is 3.93. The van der Waals surface area contributed by atoms with Crippen molar-refractivity contribution in [2.24, 2.45) is 5.92 Å². The molecule has 0 unspecified atom stereocenters. The van der Waals surface area contributed by atoms with Gasteiger partial charge in [-0.25, -0.2) is 9.48 Å². The van der Waals surface area contributed by atoms with Gasteiger partial charge in [0.1, 0.15) is 6.33 Å². The molecule has 1 aromatic rings. The van der Waals surface area contributed by atoms with Crippen molar-refractivity contribution in [1.29, 1.82) is 0 Å². The molecule has 2 rings (SSSR count). The molecule has 0 saturated heterocycles. The first-order chi connectivity index (χ1) is 5.86. The van der Waals surface area contributed by atoms with Gasteiger partial charge in [0.15, 0.2) is 0 Å². The molecule has 0 amide bonds. The van der Waals surface area contributed by atoms with Gasteiger partial charge in [-0.2, -0.15) is 5.10 Å². The van der Waals surface area contributed by atoms with Gasteiger partial charge in [-0.05, 0) is 18.8 Å². The number of aromatic nitrogens is 3. The number of nitrogens with one attached hydrogen (secondary N) is 1. The molecule has 12 heavy (non-hydrogen) atoms. The summed E-state index contributed by atoms with van der Waals surface area (Å²) in [7, 11) is 0. The molecule has 0 radical (unpaired) electrons. The van der Waals surface area contributed by atoms with Gasteiger partial charge in [0, 0.05) is 6.54 Å². The van der Waals surface area contributed by atoms with E-state index in [0.717, 1.165) is 6.54 Å². The van der Waals surface area contributed by atoms with Crippen LogP contribution in [-0.2, 0) is 6.54 Å². The van der Waals surface area contributed by atoms with Gasteiger partial charge >= 0.3 is 5.69 Å². The van der Waals surface area contributed by atoms with E-state index < -0.39 is 0 Å². The first kappa shape index (κ1) is 7.58. The lowest BCUT2D eigenvalue weighted by Crippen LogP contribution is -2.21. The Morgan fingerprint density at radius 1 is 1.58 bits per heavy atom. The molecule has 1 aliphatic rings. The Labute approximate surface area is 70.6 Å². The first-order valence-electron chi connectivity index (χ1n) is 4.47. The number of hydrogen-bond donors (Lipinski definition) is 1. The molecular weight excluding hydrogens is 154 g/mol. The lowest BCUT2D eigenvalue weighted by atomic mass is 10.1. The van der Waals surface area contributed by atoms with Crippen LogP contribution in [-0.4, -0.2) is 14.8 Å². The highest BCUT2D eigenvalue weighted by molar-refractivity contribution is 4.69. The Morgan fingerprint density at radius 3 is 2.92 bits per heavy atom. The van der Waals surface area contributed by atoms with Crippen molar-refractivity contribution in [2.45, 2.75) is 32.2 Å². The average molecular weight is 167 g/mol. The molecule has 0 aliphatic heterocycles. The van der Waals surface area contributed by atoms with Crippen LogP contribution in [0.15, 0.2) is 11.1 Å². The molecule has 0 atom stereocenters. The summed E-state index contributed by atoms with van der Waals surface area (Å²) < 4.78 is 1.52. The second-order valence-electron chi connectivity index (χ2n) is 3.43. The number of H-pyrrole nitrogens is 1. The Balaban J connectivity index is 2.03. The predicted octanol–water partition coefficient (Wildman–Crippen LogP) is 0.762. The van der Waals surface area contributed by atoms with Gasteiger partial charge in [-0.15, -0.1) is 0 Å². The quantitative estimate of drug-likeness (QED) is 0.707. The molecule has 1 heterocycles. The molecule has 4 heteroatoms. The molecule has 0 bridgehead atoms. The van der Waals surface area contributed by atoms with Gasteiger partial charge in [0.05, 0.1) is 0 Å². The van der Waals surface area contributed by atoms with Crippen LogP contribution in [0, 0.1) is 5.92 Å². The second kappa shape index (κ2) is 3.13. The van der Waals surface area contributed by atoms with Gasteiger partial charge in [0.25, 0.3) is 0 Å². The lowest BCUT2D eigenvalue weighted by Gasteiger charge is -2.06. The van der Waals surface area contributed by atoms with E-state index in [1.165, 1.54) is 36.7 Å². The van der Waals surface area contributed by atoms with Crippen molar-refractivity contribution in [3.8, 4) is 0 Å². The van der Waals surface area contributed by atoms with Crippen molar-refractivity contribution < 1.29 is 0 Å². The zero-order valence-corrected chi connectivity index (χ0v) is 6.99. The van der Waals surface area contributed by atoms with Gasteiger partial charge in [-0.1, -0.05) is 12.8 Å². The van der Waals surface area contributed by atoms with Gasteiger partial charge < -0.3 is 0 Å². The van der Waals surface area contributed by atoms with Crippen LogP contribution < -0.4 is 5.69 Å². The fourth-order valence-corrected chi connectivity index (χ4v) is 1.85. The van der Waals surface area contributed by atoms with Crippen LogP contribution >= 0.6 is 0 Å². The SMILES string of the molecule is O=c1[nH]cnn1CC1CCCC1. The average Bonchev–Trinajstić information content (AvgIpc) is 2.65. The molecule has 4 nitrogen and oxygen atoms in total. The third-order valence-corrected chi connectivity index (χ3v) is 2.53. The van der Waals surface area contributed by atoms with Crippen molar-refractivity contribution in [3.63, 3.8) is 0 Å². The maximum atomic E-state index is 11.1. The normalized spacial score (nSPS) is 18.7. The summed E-state index contributed by atoms with van der Waals surface area (Å²) in [5.74, 6) is 0.672. The van der Waals surface area contributed by atoms with Crippen LogP contribution in [0.5, 0.6) is 0 Å². The molecule has 66 valence electrons. The van der Waals surface area contributed by atoms with Crippen molar-refractivity contribution in [3.05, 3.63) is 16.8 Å². The summed E-state index contributed by atoms with van der Waals surface area (Å²) in [6.07, 6.45) is 6.57. The fourth-order valence-electron chi connectivity index (χ4n) is 1.85. The summed E-state index contributed by atoms with van der Waals surface area (Å²) >= 11 is 0. The third-order valence-electron chi connectivity index (χ3n) is 2.53. The maximum absolute atomic E-state index is 11.1. The highest BCUT2D eigenvalue weighted by Gasteiger charge is 2.16. The van der Waals surface area contributed by atoms with Crippen molar-refractivity contribution in [1.82, 2.24) is 14.8 Å². The van der Waals surface area contributed by atoms with Crippen LogP contribution in [0.2, 0.25) is 0 Å². The molecule has 0 spiro atoms. The summed E-state index contributed by atoms with van der Waals surface area (Å²) in [5.41, 5.74) is -0.0816. The van der Waals surface area contributed by atoms with Gasteiger partial charge in [0.2, 0.25) is 0 Å². The summed E-state index contributed by atoms with van der Waals surface area (Å²) in [4.78, 5) is 13.6. The van der Waals surface area contributed by atoms with E-state index in [-0.39, 0.29) is 5.69 Å². The smallest absolute Gasteiger partial charge is 0.295 e. The van der Waals surface area contributed by atoms with Crippen LogP contribution in [0.1, 0.15) is 25.7 Å². The minimum absolute atomic E-state index is 0.0816. The van der Waals surface area contributed by atoms with Crippen LogP contribution in [0.4, 0.5) is 0 Å². The Morgan fingerprint density at radius 2 is 2.33 bits per heavy atom. The molecule has 1 aromatic heterocycles. The van der Waals surface area contributed by atoms with Crippen LogP contribution in [0.3, 0.4) is 0 Å². The fraction of sp³-hybridized carbons (Fsp3) is 0.750. The maximum Gasteiger partial charge on any atom is 0.343 e. The largest absolute Gasteiger partial charge is 0.343 e. The second-order valence-corrected chi connectivity index (χ2v) is 3.43. The summed E-state index contributed by atoms with van der Waals surface area (Å²) in [6, 6.07) is 0. The van der Waals surface area contributed by atoms with Crippen molar-refractivity contribution in [2.75, 3.05) is 0 Å². The van der Waals surface area contributed by atoms with E-state index >= 15 is 0 Å². The van der Waals surface area contributed by atoms with E-state index in [2.05, 4.69) is 10.1 Å². The third kappa shape index (κ3) is 1.42. The van der Waals surface area contributed by atoms with Gasteiger partial charge in [-0.3, -0.25) is 4.98 Å². The standard InChI is InChI=1S/C8H13N3O/c12-8-9-6-10-11(8)5-7-3-1-2-4-7/h6-7H,1-5H2,(H,9,10,12). The zero-order valence-electron chi connectivity index (χ0n) is 6.99. The van der Waals surface area contributed by atoms with E-state index in [9.17, 15) is 4.79 Å². The molecule has 0 aromatic carbocycles. The van der Waals surface area contributed by atoms with E-state index in [1.54, 1.807) is 0 Å². The number of rotatable bonds is 2. The van der Waals surface area contributed by atoms with E-state index in [0.29, 0.717) is 5.92 Å². The highest BCUT2D eigenvalue weighted by Crippen LogP contribution is 2.25. The molecule has 1 N–H and O–H groups in total. The van der Waals surface area contributed by atoms with Crippen molar-refractivity contribution >= 4 is 0 Å². The first-order valence-corrected chi connectivity index (χ1v) is 4.47. The molecule has 1 fully saturated rings. The Kier molecular flexibility index (Phi) is 1.98. The topological polar surface area (TPSA) is 50.7 Å². The highest BCUT2D eigenvalue weighted by atomic mass is 16.1. The molecule has 1 aliphatic carbocycles. The van der Waals surface area contributed by atoms with E-state index in [1.807, 2.05) is 0 Å². The van der Waals surface area contributed by atoms with E-state index in [4.69, 9.17) is 0 Å². The lowest BCUT2D eigenvalue weighted by molar-refractivity contribution is 0.420. The number of aromatic amines is 1. The number of hydrogen-bond acceptors (Lipinski definition) is 2. The predicted molar refractivity (Wildman–Crippen MR) is 44.8 cm³/mol. The summed E-state index contributed by atoms with van der Waals surface area (Å²) in [6.45, 7) is 0.794. The minimum Gasteiger partial charge on any atom is -0.295 e. The van der Waals surface area contributed by atoms with Crippen LogP contribution in [0.25, 0.3) is 0 Å². The molecule has 1 saturated carbocycles. The Bertz CT molecular complexity index is 295. The molecular formula is C8H13N3O. The number of nitrogens with zero attached hydrogens (tertiary/aromatic N) is 2.